The number of hydrogen-bond acceptors (Lipinski definition) is 3. The van der Waals surface area contributed by atoms with Crippen LogP contribution in [0.5, 0.6) is 5.75 Å². The lowest BCUT2D eigenvalue weighted by molar-refractivity contribution is 0.411. The van der Waals surface area contributed by atoms with Crippen LogP contribution in [-0.2, 0) is 6.54 Å². The Morgan fingerprint density at radius 1 is 1.18 bits per heavy atom. The summed E-state index contributed by atoms with van der Waals surface area (Å²) in [6, 6.07) is 10.8. The molecule has 1 aromatic heterocycles. The van der Waals surface area contributed by atoms with E-state index in [0.29, 0.717) is 17.9 Å². The molecule has 0 spiro atoms. The highest BCUT2D eigenvalue weighted by molar-refractivity contribution is 5.99. The second-order valence-electron chi connectivity index (χ2n) is 5.17. The molecule has 0 fully saturated rings. The Bertz CT molecular complexity index is 846. The molecule has 2 N–H and O–H groups in total. The lowest BCUT2D eigenvalue weighted by atomic mass is 9.96. The zero-order valence-electron chi connectivity index (χ0n) is 12.6. The van der Waals surface area contributed by atoms with Gasteiger partial charge in [-0.25, -0.2) is 4.39 Å². The van der Waals surface area contributed by atoms with Crippen LogP contribution in [0.25, 0.3) is 21.9 Å². The quantitative estimate of drug-likeness (QED) is 0.799. The highest BCUT2D eigenvalue weighted by Crippen LogP contribution is 2.33. The third kappa shape index (κ3) is 2.31. The minimum absolute atomic E-state index is 0.329. The second-order valence-corrected chi connectivity index (χ2v) is 5.17. The fourth-order valence-corrected chi connectivity index (χ4v) is 2.76. The minimum Gasteiger partial charge on any atom is -0.497 e. The first-order valence-electron chi connectivity index (χ1n) is 7.07. The Morgan fingerprint density at radius 3 is 2.68 bits per heavy atom. The third-order valence-electron chi connectivity index (χ3n) is 3.86. The summed E-state index contributed by atoms with van der Waals surface area (Å²) in [7, 11) is 1.52. The van der Waals surface area contributed by atoms with Gasteiger partial charge in [0.15, 0.2) is 0 Å². The molecule has 112 valence electrons. The van der Waals surface area contributed by atoms with Crippen molar-refractivity contribution < 1.29 is 9.13 Å². The van der Waals surface area contributed by atoms with E-state index in [4.69, 9.17) is 10.5 Å². The number of nitrogens with two attached hydrogens (primary N) is 1. The Labute approximate surface area is 128 Å². The number of benzene rings is 2. The maximum absolute atomic E-state index is 14.4. The molecular formula is C18H17FN2O. The van der Waals surface area contributed by atoms with Crippen molar-refractivity contribution in [2.75, 3.05) is 7.11 Å². The molecule has 0 amide bonds. The van der Waals surface area contributed by atoms with Gasteiger partial charge in [0.25, 0.3) is 0 Å². The van der Waals surface area contributed by atoms with E-state index in [2.05, 4.69) is 4.98 Å². The van der Waals surface area contributed by atoms with E-state index in [1.165, 1.54) is 13.2 Å². The average Bonchev–Trinajstić information content (AvgIpc) is 2.54. The van der Waals surface area contributed by atoms with Crippen LogP contribution >= 0.6 is 0 Å². The third-order valence-corrected chi connectivity index (χ3v) is 3.86. The monoisotopic (exact) mass is 296 g/mol. The predicted octanol–water partition coefficient (Wildman–Crippen LogP) is 3.82. The van der Waals surface area contributed by atoms with Crippen LogP contribution in [0.15, 0.2) is 42.6 Å². The summed E-state index contributed by atoms with van der Waals surface area (Å²) >= 11 is 0. The lowest BCUT2D eigenvalue weighted by Gasteiger charge is -2.13. The zero-order valence-corrected chi connectivity index (χ0v) is 12.6. The Morgan fingerprint density at radius 2 is 2.00 bits per heavy atom. The van der Waals surface area contributed by atoms with Crippen molar-refractivity contribution in [2.24, 2.45) is 5.73 Å². The normalized spacial score (nSPS) is 10.9. The predicted molar refractivity (Wildman–Crippen MR) is 86.3 cm³/mol. The van der Waals surface area contributed by atoms with Gasteiger partial charge in [-0.1, -0.05) is 18.2 Å². The van der Waals surface area contributed by atoms with Crippen molar-refractivity contribution >= 4 is 10.8 Å². The van der Waals surface area contributed by atoms with Gasteiger partial charge in [0.1, 0.15) is 11.6 Å². The number of pyridine rings is 1. The van der Waals surface area contributed by atoms with Crippen LogP contribution in [0.2, 0.25) is 0 Å². The Kier molecular flexibility index (Phi) is 3.77. The van der Waals surface area contributed by atoms with E-state index in [-0.39, 0.29) is 5.82 Å². The minimum atomic E-state index is -0.329. The molecule has 0 bridgehead atoms. The van der Waals surface area contributed by atoms with Crippen LogP contribution in [-0.4, -0.2) is 12.1 Å². The van der Waals surface area contributed by atoms with Gasteiger partial charge >= 0.3 is 0 Å². The second kappa shape index (κ2) is 5.73. The first kappa shape index (κ1) is 14.5. The topological polar surface area (TPSA) is 48.1 Å². The largest absolute Gasteiger partial charge is 0.497 e. The highest BCUT2D eigenvalue weighted by atomic mass is 19.1. The molecule has 0 saturated carbocycles. The van der Waals surface area contributed by atoms with E-state index < -0.39 is 0 Å². The van der Waals surface area contributed by atoms with Crippen LogP contribution in [0, 0.1) is 12.7 Å². The van der Waals surface area contributed by atoms with E-state index in [9.17, 15) is 4.39 Å². The molecule has 0 saturated heterocycles. The summed E-state index contributed by atoms with van der Waals surface area (Å²) in [5, 5.41) is 1.96. The molecule has 3 rings (SSSR count). The molecule has 2 aromatic carbocycles. The maximum atomic E-state index is 14.4. The highest BCUT2D eigenvalue weighted by Gasteiger charge is 2.13. The molecule has 3 aromatic rings. The average molecular weight is 296 g/mol. The molecule has 4 heteroatoms. The standard InChI is InChI=1S/C18H17FN2O/c1-11-4-3-5-14-15(10-21-17(9-20)18(11)14)13-7-6-12(22-2)8-16(13)19/h3-8,10H,9,20H2,1-2H3. The van der Waals surface area contributed by atoms with Gasteiger partial charge in [-0.05, 0) is 30.0 Å². The molecule has 0 aliphatic carbocycles. The van der Waals surface area contributed by atoms with E-state index in [1.807, 2.05) is 25.1 Å². The molecule has 0 atom stereocenters. The zero-order chi connectivity index (χ0) is 15.7. The molecular weight excluding hydrogens is 279 g/mol. The Balaban J connectivity index is 2.31. The van der Waals surface area contributed by atoms with Crippen molar-refractivity contribution in [3.63, 3.8) is 0 Å². The molecule has 0 aliphatic heterocycles. The number of halogens is 1. The van der Waals surface area contributed by atoms with Gasteiger partial charge in [0.2, 0.25) is 0 Å². The number of aromatic nitrogens is 1. The van der Waals surface area contributed by atoms with Gasteiger partial charge < -0.3 is 10.5 Å². The van der Waals surface area contributed by atoms with Gasteiger partial charge in [-0.3, -0.25) is 4.98 Å². The smallest absolute Gasteiger partial charge is 0.134 e. The fourth-order valence-electron chi connectivity index (χ4n) is 2.76. The van der Waals surface area contributed by atoms with Gasteiger partial charge in [0.05, 0.1) is 12.8 Å². The van der Waals surface area contributed by atoms with E-state index >= 15 is 0 Å². The molecule has 0 aliphatic rings. The van der Waals surface area contributed by atoms with Crippen LogP contribution in [0.4, 0.5) is 4.39 Å². The number of aryl methyl sites for hydroxylation is 1. The summed E-state index contributed by atoms with van der Waals surface area (Å²) in [5.74, 6) is 0.165. The van der Waals surface area contributed by atoms with Crippen molar-refractivity contribution in [1.29, 1.82) is 0 Å². The van der Waals surface area contributed by atoms with Crippen molar-refractivity contribution in [3.05, 3.63) is 59.7 Å². The number of ether oxygens (including phenoxy) is 1. The summed E-state index contributed by atoms with van der Waals surface area (Å²) < 4.78 is 19.5. The summed E-state index contributed by atoms with van der Waals surface area (Å²) in [6.45, 7) is 2.37. The summed E-state index contributed by atoms with van der Waals surface area (Å²) in [6.07, 6.45) is 1.69. The SMILES string of the molecule is COc1ccc(-c2cnc(CN)c3c(C)cccc23)c(F)c1. The fraction of sp³-hybridized carbons (Fsp3) is 0.167. The van der Waals surface area contributed by atoms with E-state index in [1.54, 1.807) is 18.3 Å². The molecule has 0 unspecified atom stereocenters. The molecule has 3 nitrogen and oxygen atoms in total. The number of nitrogens with zero attached hydrogens (tertiary/aromatic N) is 1. The van der Waals surface area contributed by atoms with E-state index in [0.717, 1.165) is 27.6 Å². The lowest BCUT2D eigenvalue weighted by Crippen LogP contribution is -2.02. The molecule has 0 radical (unpaired) electrons. The first-order chi connectivity index (χ1) is 10.7. The van der Waals surface area contributed by atoms with Gasteiger partial charge in [-0.15, -0.1) is 0 Å². The van der Waals surface area contributed by atoms with Crippen LogP contribution in [0.3, 0.4) is 0 Å². The van der Waals surface area contributed by atoms with Crippen molar-refractivity contribution in [1.82, 2.24) is 4.98 Å². The van der Waals surface area contributed by atoms with Gasteiger partial charge in [0, 0.05) is 35.3 Å². The Hall–Kier alpha value is -2.46. The molecule has 22 heavy (non-hydrogen) atoms. The number of rotatable bonds is 3. The first-order valence-corrected chi connectivity index (χ1v) is 7.07. The summed E-state index contributed by atoms with van der Waals surface area (Å²) in [4.78, 5) is 4.42. The van der Waals surface area contributed by atoms with Crippen molar-refractivity contribution in [3.8, 4) is 16.9 Å². The number of fused-ring (bicyclic) bond motifs is 1. The number of methoxy groups -OCH3 is 1. The maximum Gasteiger partial charge on any atom is 0.134 e. The van der Waals surface area contributed by atoms with Crippen molar-refractivity contribution in [2.45, 2.75) is 13.5 Å². The van der Waals surface area contributed by atoms with Crippen LogP contribution < -0.4 is 10.5 Å². The van der Waals surface area contributed by atoms with Gasteiger partial charge in [-0.2, -0.15) is 0 Å². The number of hydrogen-bond donors (Lipinski definition) is 1. The van der Waals surface area contributed by atoms with Crippen LogP contribution in [0.1, 0.15) is 11.3 Å². The molecule has 1 heterocycles. The summed E-state index contributed by atoms with van der Waals surface area (Å²) in [5.41, 5.74) is 8.96.